The predicted octanol–water partition coefficient (Wildman–Crippen LogP) is 1.44. The molecule has 13 heavy (non-hydrogen) atoms. The zero-order chi connectivity index (χ0) is 9.68. The maximum atomic E-state index is 8.95. The smallest absolute Gasteiger partial charge is 0.165 e. The molecule has 4 heteroatoms. The van der Waals surface area contributed by atoms with Gasteiger partial charge in [-0.25, -0.2) is 0 Å². The third-order valence-electron chi connectivity index (χ3n) is 3.02. The fourth-order valence-corrected chi connectivity index (χ4v) is 3.10. The topological polar surface area (TPSA) is 66.5 Å². The zero-order valence-corrected chi connectivity index (χ0v) is 8.92. The molecule has 0 aliphatic heterocycles. The van der Waals surface area contributed by atoms with E-state index in [0.29, 0.717) is 24.5 Å². The van der Waals surface area contributed by atoms with Crippen LogP contribution >= 0.6 is 8.38 Å². The van der Waals surface area contributed by atoms with Crippen molar-refractivity contribution in [2.24, 2.45) is 17.6 Å². The average molecular weight is 205 g/mol. The summed E-state index contributed by atoms with van der Waals surface area (Å²) in [6.45, 7) is 0.602. The van der Waals surface area contributed by atoms with E-state index in [0.717, 1.165) is 0 Å². The lowest BCUT2D eigenvalue weighted by Crippen LogP contribution is -2.27. The van der Waals surface area contributed by atoms with E-state index >= 15 is 0 Å². The molecule has 1 fully saturated rings. The summed E-state index contributed by atoms with van der Waals surface area (Å²) in [5.41, 5.74) is 5.64. The van der Waals surface area contributed by atoms with Crippen LogP contribution in [0.3, 0.4) is 0 Å². The monoisotopic (exact) mass is 205 g/mol. The third-order valence-corrected chi connectivity index (χ3v) is 3.81. The van der Waals surface area contributed by atoms with Crippen molar-refractivity contribution in [1.82, 2.24) is 0 Å². The molecule has 78 valence electrons. The second-order valence-corrected chi connectivity index (χ2v) is 5.06. The van der Waals surface area contributed by atoms with Gasteiger partial charge < -0.3 is 15.5 Å². The van der Waals surface area contributed by atoms with Crippen LogP contribution < -0.4 is 5.73 Å². The van der Waals surface area contributed by atoms with E-state index < -0.39 is 8.38 Å². The molecular formula is C9H20NO2P. The van der Waals surface area contributed by atoms with Crippen LogP contribution in [0.1, 0.15) is 32.1 Å². The van der Waals surface area contributed by atoms with E-state index in [1.807, 2.05) is 0 Å². The van der Waals surface area contributed by atoms with Crippen molar-refractivity contribution in [2.45, 2.75) is 32.1 Å². The van der Waals surface area contributed by atoms with E-state index in [1.165, 1.54) is 32.1 Å². The minimum absolute atomic E-state index is 0.335. The van der Waals surface area contributed by atoms with Crippen LogP contribution in [-0.2, 0) is 0 Å². The van der Waals surface area contributed by atoms with Crippen molar-refractivity contribution in [1.29, 1.82) is 0 Å². The Balaban J connectivity index is 2.34. The Morgan fingerprint density at radius 3 is 2.31 bits per heavy atom. The van der Waals surface area contributed by atoms with Gasteiger partial charge in [-0.3, -0.25) is 0 Å². The van der Waals surface area contributed by atoms with Crippen LogP contribution in [0.15, 0.2) is 0 Å². The molecule has 0 radical (unpaired) electrons. The van der Waals surface area contributed by atoms with Crippen molar-refractivity contribution in [3.05, 3.63) is 0 Å². The highest BCUT2D eigenvalue weighted by atomic mass is 31.2. The minimum Gasteiger partial charge on any atom is -0.350 e. The van der Waals surface area contributed by atoms with Crippen LogP contribution in [-0.4, -0.2) is 22.5 Å². The van der Waals surface area contributed by atoms with Gasteiger partial charge in [0.2, 0.25) is 0 Å². The molecule has 0 aromatic carbocycles. The molecule has 0 aromatic heterocycles. The maximum absolute atomic E-state index is 8.95. The van der Waals surface area contributed by atoms with Gasteiger partial charge in [0.05, 0.1) is 0 Å². The molecule has 0 aromatic rings. The predicted molar refractivity (Wildman–Crippen MR) is 55.3 cm³/mol. The Labute approximate surface area is 81.3 Å². The highest BCUT2D eigenvalue weighted by Gasteiger charge is 2.24. The van der Waals surface area contributed by atoms with Crippen LogP contribution in [0, 0.1) is 11.8 Å². The summed E-state index contributed by atoms with van der Waals surface area (Å²) >= 11 is 0. The first-order valence-electron chi connectivity index (χ1n) is 5.09. The quantitative estimate of drug-likeness (QED) is 0.608. The lowest BCUT2D eigenvalue weighted by atomic mass is 9.81. The Morgan fingerprint density at radius 1 is 1.23 bits per heavy atom. The zero-order valence-electron chi connectivity index (χ0n) is 8.02. The van der Waals surface area contributed by atoms with Gasteiger partial charge in [-0.05, 0) is 18.4 Å². The van der Waals surface area contributed by atoms with Gasteiger partial charge in [-0.15, -0.1) is 0 Å². The molecule has 4 N–H and O–H groups in total. The molecular weight excluding hydrogens is 185 g/mol. The summed E-state index contributed by atoms with van der Waals surface area (Å²) < 4.78 is 0. The van der Waals surface area contributed by atoms with Crippen LogP contribution in [0.5, 0.6) is 0 Å². The second kappa shape index (κ2) is 5.92. The summed E-state index contributed by atoms with van der Waals surface area (Å²) in [6.07, 6.45) is 6.87. The Bertz CT molecular complexity index is 138. The summed E-state index contributed by atoms with van der Waals surface area (Å²) in [6, 6.07) is 0. The third kappa shape index (κ3) is 3.90. The van der Waals surface area contributed by atoms with Crippen molar-refractivity contribution >= 4 is 8.38 Å². The lowest BCUT2D eigenvalue weighted by Gasteiger charge is -2.29. The molecule has 0 spiro atoms. The van der Waals surface area contributed by atoms with Gasteiger partial charge in [-0.2, -0.15) is 0 Å². The minimum atomic E-state index is -1.75. The van der Waals surface area contributed by atoms with Gasteiger partial charge in [0, 0.05) is 6.16 Å². The summed E-state index contributed by atoms with van der Waals surface area (Å²) in [5.74, 6) is 0.976. The van der Waals surface area contributed by atoms with E-state index in [4.69, 9.17) is 15.5 Å². The Kier molecular flexibility index (Phi) is 5.18. The van der Waals surface area contributed by atoms with Crippen molar-refractivity contribution in [3.8, 4) is 0 Å². The molecule has 1 atom stereocenters. The molecule has 0 saturated heterocycles. The highest BCUT2D eigenvalue weighted by Crippen LogP contribution is 2.36. The first-order chi connectivity index (χ1) is 6.24. The molecule has 1 unspecified atom stereocenters. The molecule has 1 aliphatic rings. The van der Waals surface area contributed by atoms with Gasteiger partial charge in [0.25, 0.3) is 0 Å². The Hall–Kier alpha value is 0.310. The van der Waals surface area contributed by atoms with E-state index in [2.05, 4.69) is 0 Å². The molecule has 0 heterocycles. The molecule has 1 aliphatic carbocycles. The lowest BCUT2D eigenvalue weighted by molar-refractivity contribution is 0.266. The number of hydrogen-bond donors (Lipinski definition) is 3. The SMILES string of the molecule is NCC(CP(O)O)C1CCCCC1. The van der Waals surface area contributed by atoms with Gasteiger partial charge in [0.1, 0.15) is 0 Å². The number of rotatable bonds is 4. The van der Waals surface area contributed by atoms with E-state index in [9.17, 15) is 0 Å². The van der Waals surface area contributed by atoms with Gasteiger partial charge in [-0.1, -0.05) is 32.1 Å². The van der Waals surface area contributed by atoms with Crippen LogP contribution in [0.25, 0.3) is 0 Å². The summed E-state index contributed by atoms with van der Waals surface area (Å²) in [7, 11) is -1.75. The first-order valence-corrected chi connectivity index (χ1v) is 6.52. The average Bonchev–Trinajstić information content (AvgIpc) is 2.15. The van der Waals surface area contributed by atoms with E-state index in [1.54, 1.807) is 0 Å². The number of nitrogens with two attached hydrogens (primary N) is 1. The first kappa shape index (κ1) is 11.4. The highest BCUT2D eigenvalue weighted by molar-refractivity contribution is 7.45. The fraction of sp³-hybridized carbons (Fsp3) is 1.00. The molecule has 3 nitrogen and oxygen atoms in total. The fourth-order valence-electron chi connectivity index (χ4n) is 2.23. The molecule has 1 rings (SSSR count). The van der Waals surface area contributed by atoms with Gasteiger partial charge in [0.15, 0.2) is 8.38 Å². The van der Waals surface area contributed by atoms with Gasteiger partial charge >= 0.3 is 0 Å². The molecule has 1 saturated carbocycles. The normalized spacial score (nSPS) is 22.2. The molecule has 0 amide bonds. The second-order valence-electron chi connectivity index (χ2n) is 3.95. The van der Waals surface area contributed by atoms with Crippen molar-refractivity contribution in [3.63, 3.8) is 0 Å². The van der Waals surface area contributed by atoms with Crippen LogP contribution in [0.4, 0.5) is 0 Å². The largest absolute Gasteiger partial charge is 0.350 e. The van der Waals surface area contributed by atoms with E-state index in [-0.39, 0.29) is 0 Å². The van der Waals surface area contributed by atoms with Crippen LogP contribution in [0.2, 0.25) is 0 Å². The molecule has 0 bridgehead atoms. The maximum Gasteiger partial charge on any atom is 0.165 e. The summed E-state index contributed by atoms with van der Waals surface area (Å²) in [5, 5.41) is 0. The number of hydrogen-bond acceptors (Lipinski definition) is 3. The van der Waals surface area contributed by atoms with Crippen molar-refractivity contribution < 1.29 is 9.79 Å². The standard InChI is InChI=1S/C9H20NO2P/c10-6-9(7-13(11)12)8-4-2-1-3-5-8/h8-9,11-12H,1-7,10H2. The summed E-state index contributed by atoms with van der Waals surface area (Å²) in [4.78, 5) is 17.9. The van der Waals surface area contributed by atoms with Crippen molar-refractivity contribution in [2.75, 3.05) is 12.7 Å². The Morgan fingerprint density at radius 2 is 1.85 bits per heavy atom.